The van der Waals surface area contributed by atoms with Crippen LogP contribution in [-0.2, 0) is 0 Å². The Morgan fingerprint density at radius 2 is 1.38 bits per heavy atom. The summed E-state index contributed by atoms with van der Waals surface area (Å²) >= 11 is 0. The molecule has 0 amide bonds. The van der Waals surface area contributed by atoms with Gasteiger partial charge >= 0.3 is 0 Å². The Morgan fingerprint density at radius 3 is 1.90 bits per heavy atom. The number of nitrogens with zero attached hydrogens (tertiary/aromatic N) is 1. The number of nitriles is 1. The zero-order valence-electron chi connectivity index (χ0n) is 12.0. The van der Waals surface area contributed by atoms with E-state index >= 15 is 0 Å². The third-order valence-electron chi connectivity index (χ3n) is 3.10. The van der Waals surface area contributed by atoms with E-state index in [0.717, 1.165) is 22.3 Å². The van der Waals surface area contributed by atoms with Gasteiger partial charge in [-0.2, -0.15) is 5.26 Å². The Hall–Kier alpha value is -2.85. The highest BCUT2D eigenvalue weighted by Gasteiger charge is 1.98. The van der Waals surface area contributed by atoms with Crippen LogP contribution in [0.4, 0.5) is 0 Å². The van der Waals surface area contributed by atoms with Crippen LogP contribution in [0, 0.1) is 11.3 Å². The fraction of sp³-hybridized carbons (Fsp3) is 0.0500. The standard InChI is InChI=1S/C20H17N/c1-17(15-18-9-4-2-5-10-18)20(13-8-14-21)16-19-11-6-3-7-12-19/h2-13,15-16H,1H3. The van der Waals surface area contributed by atoms with Crippen LogP contribution < -0.4 is 0 Å². The van der Waals surface area contributed by atoms with Crippen molar-refractivity contribution < 1.29 is 0 Å². The zero-order valence-corrected chi connectivity index (χ0v) is 12.0. The molecule has 0 fully saturated rings. The van der Waals surface area contributed by atoms with Gasteiger partial charge in [-0.15, -0.1) is 0 Å². The molecule has 0 unspecified atom stereocenters. The maximum atomic E-state index is 8.77. The van der Waals surface area contributed by atoms with Gasteiger partial charge in [0.25, 0.3) is 0 Å². The van der Waals surface area contributed by atoms with E-state index in [-0.39, 0.29) is 0 Å². The lowest BCUT2D eigenvalue weighted by Crippen LogP contribution is -1.83. The third-order valence-corrected chi connectivity index (χ3v) is 3.10. The highest BCUT2D eigenvalue weighted by atomic mass is 14.2. The van der Waals surface area contributed by atoms with Gasteiger partial charge in [0.15, 0.2) is 0 Å². The van der Waals surface area contributed by atoms with Crippen molar-refractivity contribution in [1.29, 1.82) is 5.26 Å². The number of rotatable bonds is 4. The number of allylic oxidation sites excluding steroid dienone is 4. The van der Waals surface area contributed by atoms with E-state index in [2.05, 4.69) is 49.4 Å². The second-order valence-corrected chi connectivity index (χ2v) is 4.71. The molecule has 2 aromatic carbocycles. The molecule has 21 heavy (non-hydrogen) atoms. The molecule has 0 aliphatic rings. The summed E-state index contributed by atoms with van der Waals surface area (Å²) in [5, 5.41) is 8.77. The summed E-state index contributed by atoms with van der Waals surface area (Å²) in [6.45, 7) is 2.06. The molecule has 2 rings (SSSR count). The van der Waals surface area contributed by atoms with Gasteiger partial charge in [0, 0.05) is 6.08 Å². The quantitative estimate of drug-likeness (QED) is 0.550. The molecular formula is C20H17N. The summed E-state index contributed by atoms with van der Waals surface area (Å²) < 4.78 is 0. The Morgan fingerprint density at radius 1 is 0.857 bits per heavy atom. The predicted octanol–water partition coefficient (Wildman–Crippen LogP) is 5.25. The number of hydrogen-bond acceptors (Lipinski definition) is 1. The van der Waals surface area contributed by atoms with Crippen molar-refractivity contribution in [3.63, 3.8) is 0 Å². The number of benzene rings is 2. The van der Waals surface area contributed by atoms with Crippen molar-refractivity contribution in [3.8, 4) is 6.07 Å². The molecular weight excluding hydrogens is 254 g/mol. The molecule has 0 spiro atoms. The molecule has 0 saturated heterocycles. The van der Waals surface area contributed by atoms with Crippen molar-refractivity contribution in [2.24, 2.45) is 0 Å². The fourth-order valence-corrected chi connectivity index (χ4v) is 2.03. The maximum Gasteiger partial charge on any atom is 0.0912 e. The second kappa shape index (κ2) is 7.67. The summed E-state index contributed by atoms with van der Waals surface area (Å²) in [7, 11) is 0. The van der Waals surface area contributed by atoms with Gasteiger partial charge in [0.05, 0.1) is 6.07 Å². The lowest BCUT2D eigenvalue weighted by atomic mass is 10.0. The first kappa shape index (κ1) is 14.6. The summed E-state index contributed by atoms with van der Waals surface area (Å²) in [5.41, 5.74) is 4.43. The molecule has 0 N–H and O–H groups in total. The SMILES string of the molecule is CC(=Cc1ccccc1)C(C=CC#N)=Cc1ccccc1. The van der Waals surface area contributed by atoms with E-state index in [0.29, 0.717) is 0 Å². The van der Waals surface area contributed by atoms with Crippen LogP contribution in [0.15, 0.2) is 84.0 Å². The summed E-state index contributed by atoms with van der Waals surface area (Å²) in [6.07, 6.45) is 7.57. The van der Waals surface area contributed by atoms with E-state index in [9.17, 15) is 0 Å². The molecule has 0 heterocycles. The largest absolute Gasteiger partial charge is 0.193 e. The van der Waals surface area contributed by atoms with E-state index in [1.807, 2.05) is 42.5 Å². The first-order chi connectivity index (χ1) is 10.3. The maximum absolute atomic E-state index is 8.77. The minimum atomic E-state index is 1.03. The van der Waals surface area contributed by atoms with E-state index in [1.54, 1.807) is 0 Å². The molecule has 1 heteroatoms. The van der Waals surface area contributed by atoms with Crippen LogP contribution in [0.25, 0.3) is 12.2 Å². The zero-order chi connectivity index (χ0) is 14.9. The van der Waals surface area contributed by atoms with Gasteiger partial charge in [-0.1, -0.05) is 66.7 Å². The summed E-state index contributed by atoms with van der Waals surface area (Å²) in [6, 6.07) is 22.3. The Labute approximate surface area is 126 Å². The van der Waals surface area contributed by atoms with Crippen molar-refractivity contribution >= 4 is 12.2 Å². The minimum absolute atomic E-state index is 1.03. The lowest BCUT2D eigenvalue weighted by Gasteiger charge is -2.04. The smallest absolute Gasteiger partial charge is 0.0912 e. The van der Waals surface area contributed by atoms with Crippen molar-refractivity contribution in [2.45, 2.75) is 6.92 Å². The lowest BCUT2D eigenvalue weighted by molar-refractivity contribution is 1.46. The molecule has 0 bridgehead atoms. The van der Waals surface area contributed by atoms with Crippen LogP contribution in [0.2, 0.25) is 0 Å². The van der Waals surface area contributed by atoms with E-state index in [1.165, 1.54) is 6.08 Å². The molecule has 0 aromatic heterocycles. The Balaban J connectivity index is 2.37. The molecule has 0 aliphatic carbocycles. The fourth-order valence-electron chi connectivity index (χ4n) is 2.03. The van der Waals surface area contributed by atoms with E-state index in [4.69, 9.17) is 5.26 Å². The van der Waals surface area contributed by atoms with Crippen molar-refractivity contribution in [2.75, 3.05) is 0 Å². The molecule has 2 aromatic rings. The normalized spacial score (nSPS) is 12.4. The van der Waals surface area contributed by atoms with Crippen LogP contribution in [0.5, 0.6) is 0 Å². The molecule has 102 valence electrons. The van der Waals surface area contributed by atoms with Gasteiger partial charge in [-0.25, -0.2) is 0 Å². The second-order valence-electron chi connectivity index (χ2n) is 4.71. The van der Waals surface area contributed by atoms with Gasteiger partial charge in [0.1, 0.15) is 0 Å². The van der Waals surface area contributed by atoms with Gasteiger partial charge < -0.3 is 0 Å². The first-order valence-electron chi connectivity index (χ1n) is 6.86. The molecule has 0 aliphatic heterocycles. The third kappa shape index (κ3) is 4.63. The van der Waals surface area contributed by atoms with Gasteiger partial charge in [-0.05, 0) is 41.3 Å². The van der Waals surface area contributed by atoms with Crippen LogP contribution in [0.3, 0.4) is 0 Å². The Bertz CT molecular complexity index is 699. The summed E-state index contributed by atoms with van der Waals surface area (Å²) in [4.78, 5) is 0. The highest BCUT2D eigenvalue weighted by Crippen LogP contribution is 2.19. The van der Waals surface area contributed by atoms with Crippen LogP contribution in [0.1, 0.15) is 18.1 Å². The average molecular weight is 271 g/mol. The average Bonchev–Trinajstić information content (AvgIpc) is 2.53. The van der Waals surface area contributed by atoms with E-state index < -0.39 is 0 Å². The monoisotopic (exact) mass is 271 g/mol. The molecule has 1 nitrogen and oxygen atoms in total. The molecule has 0 saturated carbocycles. The number of hydrogen-bond donors (Lipinski definition) is 0. The first-order valence-corrected chi connectivity index (χ1v) is 6.86. The van der Waals surface area contributed by atoms with Gasteiger partial charge in [0.2, 0.25) is 0 Å². The van der Waals surface area contributed by atoms with Crippen LogP contribution >= 0.6 is 0 Å². The Kier molecular flexibility index (Phi) is 5.32. The minimum Gasteiger partial charge on any atom is -0.193 e. The molecule has 0 radical (unpaired) electrons. The summed E-state index contributed by atoms with van der Waals surface area (Å²) in [5.74, 6) is 0. The predicted molar refractivity (Wildman–Crippen MR) is 89.3 cm³/mol. The van der Waals surface area contributed by atoms with Crippen molar-refractivity contribution in [1.82, 2.24) is 0 Å². The van der Waals surface area contributed by atoms with Crippen molar-refractivity contribution in [3.05, 3.63) is 95.1 Å². The molecule has 0 atom stereocenters. The van der Waals surface area contributed by atoms with Crippen LogP contribution in [-0.4, -0.2) is 0 Å². The topological polar surface area (TPSA) is 23.8 Å². The van der Waals surface area contributed by atoms with Gasteiger partial charge in [-0.3, -0.25) is 0 Å². The highest BCUT2D eigenvalue weighted by molar-refractivity contribution is 5.68.